The Morgan fingerprint density at radius 2 is 2.09 bits per heavy atom. The van der Waals surface area contributed by atoms with Crippen molar-refractivity contribution < 1.29 is 22.7 Å². The highest BCUT2D eigenvalue weighted by Crippen LogP contribution is 2.36. The Balaban J connectivity index is 2.39. The van der Waals surface area contributed by atoms with Gasteiger partial charge in [-0.2, -0.15) is 13.2 Å². The van der Waals surface area contributed by atoms with Crippen LogP contribution in [0.4, 0.5) is 23.7 Å². The smallest absolute Gasteiger partial charge is 0.416 e. The second-order valence-corrected chi connectivity index (χ2v) is 4.84. The first-order chi connectivity index (χ1) is 10.3. The second-order valence-electron chi connectivity index (χ2n) is 4.84. The maximum atomic E-state index is 12.9. The number of benzene rings is 1. The van der Waals surface area contributed by atoms with Crippen LogP contribution in [0.1, 0.15) is 31.4 Å². The molecule has 1 heterocycles. The van der Waals surface area contributed by atoms with Crippen molar-refractivity contribution in [1.82, 2.24) is 5.32 Å². The summed E-state index contributed by atoms with van der Waals surface area (Å²) in [6.45, 7) is 3.77. The van der Waals surface area contributed by atoms with Crippen LogP contribution in [0.3, 0.4) is 0 Å². The lowest BCUT2D eigenvalue weighted by atomic mass is 9.98. The molecule has 2 rings (SSSR count). The van der Waals surface area contributed by atoms with Gasteiger partial charge in [0.2, 0.25) is 0 Å². The third kappa shape index (κ3) is 3.52. The zero-order valence-corrected chi connectivity index (χ0v) is 12.3. The summed E-state index contributed by atoms with van der Waals surface area (Å²) in [5.74, 6) is 0. The summed E-state index contributed by atoms with van der Waals surface area (Å²) in [5, 5.41) is 5.64. The molecule has 1 aromatic carbocycles. The van der Waals surface area contributed by atoms with Gasteiger partial charge in [-0.3, -0.25) is 5.32 Å². The Kier molecular flexibility index (Phi) is 4.63. The van der Waals surface area contributed by atoms with Crippen LogP contribution in [0, 0.1) is 0 Å². The minimum absolute atomic E-state index is 0.0684. The third-order valence-electron chi connectivity index (χ3n) is 3.30. The summed E-state index contributed by atoms with van der Waals surface area (Å²) in [5.41, 5.74) is 0.409. The van der Waals surface area contributed by atoms with Crippen LogP contribution in [0.5, 0.6) is 0 Å². The summed E-state index contributed by atoms with van der Waals surface area (Å²) in [7, 11) is 0. The second kappa shape index (κ2) is 6.29. The van der Waals surface area contributed by atoms with Crippen LogP contribution in [0.25, 0.3) is 5.70 Å². The number of ether oxygens (including phenoxy) is 1. The highest BCUT2D eigenvalue weighted by atomic mass is 19.4. The van der Waals surface area contributed by atoms with Gasteiger partial charge in [0.1, 0.15) is 0 Å². The molecule has 2 N–H and O–H groups in total. The highest BCUT2D eigenvalue weighted by molar-refractivity contribution is 5.88. The van der Waals surface area contributed by atoms with Crippen LogP contribution >= 0.6 is 0 Å². The largest absolute Gasteiger partial charge is 0.450 e. The Labute approximate surface area is 126 Å². The number of halogens is 3. The molecule has 1 atom stereocenters. The van der Waals surface area contributed by atoms with Crippen LogP contribution in [0.15, 0.2) is 24.3 Å². The fraction of sp³-hybridized carbons (Fsp3) is 0.400. The first-order valence-electron chi connectivity index (χ1n) is 6.99. The molecule has 22 heavy (non-hydrogen) atoms. The number of fused-ring (bicyclic) bond motifs is 1. The standard InChI is InChI=1S/C15H17F3N2O2/c1-3-10-8-13(20-14(21)22-4-2)11-7-9(15(16,17)18)5-6-12(11)19-10/h5-8,10,19H,3-4H2,1-2H3,(H,20,21)/t10-/m1/s1. The Morgan fingerprint density at radius 1 is 1.36 bits per heavy atom. The molecule has 7 heteroatoms. The van der Waals surface area contributed by atoms with Gasteiger partial charge in [0.05, 0.1) is 17.9 Å². The fourth-order valence-electron chi connectivity index (χ4n) is 2.21. The van der Waals surface area contributed by atoms with E-state index in [1.807, 2.05) is 6.92 Å². The van der Waals surface area contributed by atoms with Crippen molar-refractivity contribution in [3.63, 3.8) is 0 Å². The van der Waals surface area contributed by atoms with Crippen LogP contribution in [-0.2, 0) is 10.9 Å². The third-order valence-corrected chi connectivity index (χ3v) is 3.30. The summed E-state index contributed by atoms with van der Waals surface area (Å²) in [4.78, 5) is 11.6. The zero-order chi connectivity index (χ0) is 16.3. The maximum Gasteiger partial charge on any atom is 0.416 e. The van der Waals surface area contributed by atoms with E-state index in [4.69, 9.17) is 4.74 Å². The number of nitrogens with one attached hydrogen (secondary N) is 2. The molecule has 0 radical (unpaired) electrons. The van der Waals surface area contributed by atoms with E-state index in [9.17, 15) is 18.0 Å². The number of anilines is 1. The minimum Gasteiger partial charge on any atom is -0.450 e. The normalized spacial score (nSPS) is 17.1. The van der Waals surface area contributed by atoms with Gasteiger partial charge in [-0.1, -0.05) is 6.92 Å². The minimum atomic E-state index is -4.44. The molecule has 0 aromatic heterocycles. The van der Waals surface area contributed by atoms with Gasteiger partial charge in [-0.25, -0.2) is 4.79 Å². The monoisotopic (exact) mass is 314 g/mol. The number of rotatable bonds is 3. The summed E-state index contributed by atoms with van der Waals surface area (Å²) < 4.78 is 43.4. The van der Waals surface area contributed by atoms with Gasteiger partial charge < -0.3 is 10.1 Å². The van der Waals surface area contributed by atoms with E-state index >= 15 is 0 Å². The van der Waals surface area contributed by atoms with E-state index in [2.05, 4.69) is 10.6 Å². The lowest BCUT2D eigenvalue weighted by molar-refractivity contribution is -0.137. The molecular weight excluding hydrogens is 297 g/mol. The molecule has 4 nitrogen and oxygen atoms in total. The molecule has 0 saturated heterocycles. The molecule has 0 aliphatic carbocycles. The van der Waals surface area contributed by atoms with Gasteiger partial charge in [0.15, 0.2) is 0 Å². The topological polar surface area (TPSA) is 50.4 Å². The summed E-state index contributed by atoms with van der Waals surface area (Å²) >= 11 is 0. The number of hydrogen-bond donors (Lipinski definition) is 2. The Morgan fingerprint density at radius 3 is 2.68 bits per heavy atom. The van der Waals surface area contributed by atoms with Crippen LogP contribution < -0.4 is 10.6 Å². The van der Waals surface area contributed by atoms with Gasteiger partial charge in [0.25, 0.3) is 0 Å². The van der Waals surface area contributed by atoms with Crippen molar-refractivity contribution in [2.24, 2.45) is 0 Å². The number of amides is 1. The quantitative estimate of drug-likeness (QED) is 0.886. The molecule has 0 fully saturated rings. The molecule has 0 bridgehead atoms. The van der Waals surface area contributed by atoms with Gasteiger partial charge in [-0.15, -0.1) is 0 Å². The Bertz CT molecular complexity index is 597. The number of carbonyl (C=O) groups excluding carboxylic acids is 1. The molecule has 0 unspecified atom stereocenters. The van der Waals surface area contributed by atoms with Crippen molar-refractivity contribution in [3.8, 4) is 0 Å². The predicted octanol–water partition coefficient (Wildman–Crippen LogP) is 4.00. The van der Waals surface area contributed by atoms with Crippen LogP contribution in [0.2, 0.25) is 0 Å². The highest BCUT2D eigenvalue weighted by Gasteiger charge is 2.32. The molecule has 1 aliphatic heterocycles. The lowest BCUT2D eigenvalue weighted by Crippen LogP contribution is -2.29. The van der Waals surface area contributed by atoms with Crippen molar-refractivity contribution >= 4 is 17.5 Å². The number of alkyl halides is 3. The maximum absolute atomic E-state index is 12.9. The first-order valence-corrected chi connectivity index (χ1v) is 6.99. The fourth-order valence-corrected chi connectivity index (χ4v) is 2.21. The van der Waals surface area contributed by atoms with Crippen molar-refractivity contribution in [1.29, 1.82) is 0 Å². The molecule has 120 valence electrons. The van der Waals surface area contributed by atoms with Crippen LogP contribution in [-0.4, -0.2) is 18.7 Å². The first kappa shape index (κ1) is 16.2. The predicted molar refractivity (Wildman–Crippen MR) is 77.3 cm³/mol. The zero-order valence-electron chi connectivity index (χ0n) is 12.3. The van der Waals surface area contributed by atoms with E-state index < -0.39 is 17.8 Å². The molecule has 1 aromatic rings. The summed E-state index contributed by atoms with van der Waals surface area (Å²) in [6, 6.07) is 3.35. The molecule has 1 aliphatic rings. The molecule has 0 spiro atoms. The van der Waals surface area contributed by atoms with E-state index in [1.165, 1.54) is 6.07 Å². The van der Waals surface area contributed by atoms with E-state index in [-0.39, 0.29) is 12.6 Å². The number of alkyl carbamates (subject to hydrolysis) is 1. The van der Waals surface area contributed by atoms with Crippen molar-refractivity contribution in [3.05, 3.63) is 35.4 Å². The van der Waals surface area contributed by atoms with E-state index in [0.29, 0.717) is 16.9 Å². The summed E-state index contributed by atoms with van der Waals surface area (Å²) in [6.07, 6.45) is -2.70. The number of hydrogen-bond acceptors (Lipinski definition) is 3. The van der Waals surface area contributed by atoms with Gasteiger partial charge in [0, 0.05) is 17.3 Å². The SMILES string of the molecule is CCOC(=O)NC1=C[C@@H](CC)Nc2ccc(C(F)(F)F)cc21. The average molecular weight is 314 g/mol. The van der Waals surface area contributed by atoms with E-state index in [1.54, 1.807) is 13.0 Å². The average Bonchev–Trinajstić information content (AvgIpc) is 2.45. The number of carbonyl (C=O) groups is 1. The molecule has 1 amide bonds. The molecule has 0 saturated carbocycles. The Hall–Kier alpha value is -2.18. The lowest BCUT2D eigenvalue weighted by Gasteiger charge is -2.26. The van der Waals surface area contributed by atoms with E-state index in [0.717, 1.165) is 18.6 Å². The van der Waals surface area contributed by atoms with Gasteiger partial charge in [-0.05, 0) is 37.6 Å². The van der Waals surface area contributed by atoms with Crippen molar-refractivity contribution in [2.45, 2.75) is 32.5 Å². The van der Waals surface area contributed by atoms with Crippen molar-refractivity contribution in [2.75, 3.05) is 11.9 Å². The van der Waals surface area contributed by atoms with Gasteiger partial charge >= 0.3 is 12.3 Å². The molecular formula is C15H17F3N2O2.